The normalized spacial score (nSPS) is 14.4. The summed E-state index contributed by atoms with van der Waals surface area (Å²) in [7, 11) is 0. The van der Waals surface area contributed by atoms with Gasteiger partial charge in [-0.25, -0.2) is 5.48 Å². The van der Waals surface area contributed by atoms with E-state index in [2.05, 4.69) is 9.80 Å². The zero-order valence-electron chi connectivity index (χ0n) is 13.4. The lowest BCUT2D eigenvalue weighted by Gasteiger charge is -2.38. The zero-order valence-corrected chi connectivity index (χ0v) is 14.2. The summed E-state index contributed by atoms with van der Waals surface area (Å²) in [6, 6.07) is 12.6. The first kappa shape index (κ1) is 17.3. The number of amides is 1. The van der Waals surface area contributed by atoms with Crippen molar-refractivity contribution < 1.29 is 15.2 Å². The first-order valence-corrected chi connectivity index (χ1v) is 8.24. The molecule has 0 spiro atoms. The number of halogens is 1. The maximum atomic E-state index is 11.9. The van der Waals surface area contributed by atoms with Crippen LogP contribution in [0.2, 0.25) is 5.02 Å². The molecule has 4 N–H and O–H groups in total. The Bertz CT molecular complexity index is 763. The fourth-order valence-corrected chi connectivity index (χ4v) is 3.19. The Hall–Kier alpha value is -2.48. The number of rotatable bonds is 4. The monoisotopic (exact) mass is 362 g/mol. The predicted molar refractivity (Wildman–Crippen MR) is 97.0 cm³/mol. The number of hydroxylamine groups is 1. The van der Waals surface area contributed by atoms with E-state index in [4.69, 9.17) is 22.0 Å². The summed E-state index contributed by atoms with van der Waals surface area (Å²) in [5.74, 6) is -0.621. The second kappa shape index (κ2) is 7.60. The van der Waals surface area contributed by atoms with Gasteiger partial charge in [-0.15, -0.1) is 0 Å². The van der Waals surface area contributed by atoms with Crippen LogP contribution < -0.4 is 20.8 Å². The van der Waals surface area contributed by atoms with Gasteiger partial charge in [0, 0.05) is 42.6 Å². The van der Waals surface area contributed by atoms with E-state index >= 15 is 0 Å². The van der Waals surface area contributed by atoms with Crippen LogP contribution in [0, 0.1) is 0 Å². The van der Waals surface area contributed by atoms with Crippen LogP contribution in [0.1, 0.15) is 10.4 Å². The molecule has 7 nitrogen and oxygen atoms in total. The molecule has 1 aliphatic heterocycles. The Labute approximate surface area is 150 Å². The van der Waals surface area contributed by atoms with E-state index in [1.807, 2.05) is 29.7 Å². The van der Waals surface area contributed by atoms with Gasteiger partial charge in [-0.1, -0.05) is 17.7 Å². The molecular formula is C17H19ClN4O3. The maximum absolute atomic E-state index is 11.9. The van der Waals surface area contributed by atoms with E-state index < -0.39 is 5.91 Å². The van der Waals surface area contributed by atoms with Crippen LogP contribution in [0.25, 0.3) is 0 Å². The highest BCUT2D eigenvalue weighted by molar-refractivity contribution is 6.30. The Morgan fingerprint density at radius 2 is 1.72 bits per heavy atom. The number of piperazine rings is 1. The van der Waals surface area contributed by atoms with Gasteiger partial charge in [0.15, 0.2) is 0 Å². The van der Waals surface area contributed by atoms with Crippen LogP contribution in [0.15, 0.2) is 42.5 Å². The van der Waals surface area contributed by atoms with Crippen LogP contribution in [-0.4, -0.2) is 42.5 Å². The highest BCUT2D eigenvalue weighted by atomic mass is 35.5. The minimum atomic E-state index is -0.621. The lowest BCUT2D eigenvalue weighted by atomic mass is 10.1. The van der Waals surface area contributed by atoms with E-state index in [9.17, 15) is 4.79 Å². The smallest absolute Gasteiger partial charge is 0.276 e. The molecule has 2 aromatic rings. The highest BCUT2D eigenvalue weighted by Gasteiger charge is 2.22. The molecule has 25 heavy (non-hydrogen) atoms. The summed E-state index contributed by atoms with van der Waals surface area (Å²) in [5.41, 5.74) is 6.10. The maximum Gasteiger partial charge on any atom is 0.276 e. The number of nitrogens with zero attached hydrogens (tertiary/aromatic N) is 2. The Balaban J connectivity index is 1.77. The molecular weight excluding hydrogens is 344 g/mol. The van der Waals surface area contributed by atoms with E-state index in [1.54, 1.807) is 17.6 Å². The average Bonchev–Trinajstić information content (AvgIpc) is 2.67. The van der Waals surface area contributed by atoms with Gasteiger partial charge >= 0.3 is 0 Å². The highest BCUT2D eigenvalue weighted by Crippen LogP contribution is 2.27. The van der Waals surface area contributed by atoms with E-state index in [1.165, 1.54) is 6.07 Å². The molecule has 1 heterocycles. The molecule has 132 valence electrons. The quantitative estimate of drug-likeness (QED) is 0.494. The number of benzene rings is 2. The number of carbonyl (C=O) groups is 1. The van der Waals surface area contributed by atoms with Gasteiger partial charge in [0.2, 0.25) is 0 Å². The average molecular weight is 363 g/mol. The van der Waals surface area contributed by atoms with Gasteiger partial charge in [0.25, 0.3) is 5.91 Å². The fraction of sp³-hybridized carbons (Fsp3) is 0.235. The van der Waals surface area contributed by atoms with Gasteiger partial charge in [-0.3, -0.25) is 20.7 Å². The SMILES string of the molecule is O=C(NO)c1cc(NO)ccc1N1CCN(c2cccc(Cl)c2)CC1. The summed E-state index contributed by atoms with van der Waals surface area (Å²) in [6.07, 6.45) is 0. The lowest BCUT2D eigenvalue weighted by molar-refractivity contribution is 0.0707. The lowest BCUT2D eigenvalue weighted by Crippen LogP contribution is -2.47. The molecule has 0 aliphatic carbocycles. The van der Waals surface area contributed by atoms with Crippen molar-refractivity contribution in [2.45, 2.75) is 0 Å². The third kappa shape index (κ3) is 3.79. The van der Waals surface area contributed by atoms with E-state index in [-0.39, 0.29) is 5.56 Å². The van der Waals surface area contributed by atoms with Crippen molar-refractivity contribution in [1.29, 1.82) is 0 Å². The van der Waals surface area contributed by atoms with Crippen LogP contribution in [0.3, 0.4) is 0 Å². The molecule has 1 saturated heterocycles. The van der Waals surface area contributed by atoms with Crippen molar-refractivity contribution in [3.63, 3.8) is 0 Å². The third-order valence-corrected chi connectivity index (χ3v) is 4.50. The van der Waals surface area contributed by atoms with Gasteiger partial charge in [0.05, 0.1) is 11.3 Å². The molecule has 3 rings (SSSR count). The summed E-state index contributed by atoms with van der Waals surface area (Å²) in [5, 5.41) is 18.7. The minimum absolute atomic E-state index is 0.290. The Morgan fingerprint density at radius 1 is 1.00 bits per heavy atom. The fourth-order valence-electron chi connectivity index (χ4n) is 3.00. The van der Waals surface area contributed by atoms with Crippen LogP contribution in [0.5, 0.6) is 0 Å². The van der Waals surface area contributed by atoms with Gasteiger partial charge in [-0.05, 0) is 36.4 Å². The number of nitrogens with one attached hydrogen (secondary N) is 2. The molecule has 0 unspecified atom stereocenters. The molecule has 0 aromatic heterocycles. The number of anilines is 3. The van der Waals surface area contributed by atoms with Gasteiger partial charge < -0.3 is 9.80 Å². The molecule has 2 aromatic carbocycles. The number of hydrogen-bond donors (Lipinski definition) is 4. The molecule has 0 atom stereocenters. The second-order valence-electron chi connectivity index (χ2n) is 5.74. The summed E-state index contributed by atoms with van der Waals surface area (Å²) < 4.78 is 0. The summed E-state index contributed by atoms with van der Waals surface area (Å²) in [4.78, 5) is 16.3. The number of hydrogen-bond acceptors (Lipinski definition) is 6. The first-order chi connectivity index (χ1) is 12.1. The largest absolute Gasteiger partial charge is 0.368 e. The predicted octanol–water partition coefficient (Wildman–Crippen LogP) is 2.59. The van der Waals surface area contributed by atoms with Crippen molar-refractivity contribution in [3.05, 3.63) is 53.1 Å². The summed E-state index contributed by atoms with van der Waals surface area (Å²) >= 11 is 6.06. The molecule has 0 bridgehead atoms. The van der Waals surface area contributed by atoms with Crippen molar-refractivity contribution in [1.82, 2.24) is 5.48 Å². The molecule has 1 aliphatic rings. The van der Waals surface area contributed by atoms with Crippen molar-refractivity contribution in [2.75, 3.05) is 41.5 Å². The van der Waals surface area contributed by atoms with Crippen LogP contribution in [-0.2, 0) is 0 Å². The second-order valence-corrected chi connectivity index (χ2v) is 6.18. The van der Waals surface area contributed by atoms with Crippen LogP contribution in [0.4, 0.5) is 17.1 Å². The molecule has 8 heteroatoms. The zero-order chi connectivity index (χ0) is 17.8. The third-order valence-electron chi connectivity index (χ3n) is 4.27. The molecule has 0 radical (unpaired) electrons. The van der Waals surface area contributed by atoms with E-state index in [0.717, 1.165) is 18.8 Å². The molecule has 0 saturated carbocycles. The minimum Gasteiger partial charge on any atom is -0.368 e. The topological polar surface area (TPSA) is 88.1 Å². The summed E-state index contributed by atoms with van der Waals surface area (Å²) in [6.45, 7) is 2.98. The van der Waals surface area contributed by atoms with Crippen LogP contribution >= 0.6 is 11.6 Å². The first-order valence-electron chi connectivity index (χ1n) is 7.86. The Morgan fingerprint density at radius 3 is 2.36 bits per heavy atom. The van der Waals surface area contributed by atoms with E-state index in [0.29, 0.717) is 29.5 Å². The van der Waals surface area contributed by atoms with Gasteiger partial charge in [0.1, 0.15) is 0 Å². The molecule has 1 amide bonds. The van der Waals surface area contributed by atoms with Gasteiger partial charge in [-0.2, -0.15) is 0 Å². The standard InChI is InChI=1S/C17H19ClN4O3/c18-12-2-1-3-14(10-12)21-6-8-22(9-7-21)16-5-4-13(19-24)11-15(16)17(23)20-25/h1-5,10-11,19,24-25H,6-9H2,(H,20,23). The molecule has 1 fully saturated rings. The van der Waals surface area contributed by atoms with Crippen molar-refractivity contribution in [3.8, 4) is 0 Å². The van der Waals surface area contributed by atoms with Crippen molar-refractivity contribution >= 4 is 34.6 Å². The van der Waals surface area contributed by atoms with Crippen molar-refractivity contribution in [2.24, 2.45) is 0 Å². The number of carbonyl (C=O) groups excluding carboxylic acids is 1. The Kier molecular flexibility index (Phi) is 5.28.